The van der Waals surface area contributed by atoms with E-state index in [1.807, 2.05) is 60.7 Å². The van der Waals surface area contributed by atoms with Gasteiger partial charge in [0.1, 0.15) is 0 Å². The van der Waals surface area contributed by atoms with Crippen LogP contribution < -0.4 is 0 Å². The van der Waals surface area contributed by atoms with Gasteiger partial charge in [-0.25, -0.2) is 15.0 Å². The van der Waals surface area contributed by atoms with Crippen LogP contribution in [0.15, 0.2) is 158 Å². The van der Waals surface area contributed by atoms with Crippen LogP contribution in [0.4, 0.5) is 0 Å². The van der Waals surface area contributed by atoms with Crippen molar-refractivity contribution in [1.82, 2.24) is 24.1 Å². The molecule has 236 valence electrons. The quantitative estimate of drug-likeness (QED) is 0.188. The maximum Gasteiger partial charge on any atom is 0.164 e. The summed E-state index contributed by atoms with van der Waals surface area (Å²) in [5.74, 6) is 1.97. The molecule has 0 saturated heterocycles. The molecular formula is C45H31N5. The summed E-state index contributed by atoms with van der Waals surface area (Å²) in [7, 11) is 0. The normalized spacial score (nSPS) is 12.6. The van der Waals surface area contributed by atoms with Crippen molar-refractivity contribution in [2.24, 2.45) is 0 Å². The molecule has 50 heavy (non-hydrogen) atoms. The first kappa shape index (κ1) is 28.4. The molecule has 0 atom stereocenters. The van der Waals surface area contributed by atoms with Crippen molar-refractivity contribution >= 4 is 38.8 Å². The molecule has 0 radical (unpaired) electrons. The summed E-state index contributed by atoms with van der Waals surface area (Å²) in [6.07, 6.45) is 6.67. The highest BCUT2D eigenvalue weighted by atomic mass is 15.0. The molecule has 9 aromatic rings. The van der Waals surface area contributed by atoms with E-state index in [-0.39, 0.29) is 0 Å². The van der Waals surface area contributed by atoms with Gasteiger partial charge in [-0.15, -0.1) is 0 Å². The fraction of sp³-hybridized carbons (Fsp3) is 0.0444. The molecule has 6 aromatic carbocycles. The zero-order valence-corrected chi connectivity index (χ0v) is 27.2. The summed E-state index contributed by atoms with van der Waals surface area (Å²) in [4.78, 5) is 14.8. The highest BCUT2D eigenvalue weighted by Gasteiger charge is 2.24. The van der Waals surface area contributed by atoms with Gasteiger partial charge in [-0.3, -0.25) is 0 Å². The van der Waals surface area contributed by atoms with E-state index < -0.39 is 0 Å². The number of benzene rings is 6. The molecule has 1 aliphatic carbocycles. The van der Waals surface area contributed by atoms with Crippen molar-refractivity contribution in [3.8, 4) is 45.5 Å². The lowest BCUT2D eigenvalue weighted by Gasteiger charge is -2.13. The molecule has 0 amide bonds. The Balaban J connectivity index is 1.18. The molecule has 5 heteroatoms. The number of nitrogens with zero attached hydrogens (tertiary/aromatic N) is 5. The number of aromatic nitrogens is 5. The maximum absolute atomic E-state index is 4.98. The van der Waals surface area contributed by atoms with Crippen molar-refractivity contribution < 1.29 is 0 Å². The van der Waals surface area contributed by atoms with Crippen LogP contribution in [0.1, 0.15) is 17.7 Å². The molecule has 0 spiro atoms. The van der Waals surface area contributed by atoms with Crippen LogP contribution in [0.5, 0.6) is 0 Å². The van der Waals surface area contributed by atoms with Gasteiger partial charge >= 0.3 is 0 Å². The Morgan fingerprint density at radius 2 is 1.00 bits per heavy atom. The monoisotopic (exact) mass is 641 g/mol. The van der Waals surface area contributed by atoms with E-state index in [1.165, 1.54) is 44.0 Å². The molecule has 0 N–H and O–H groups in total. The third kappa shape index (κ3) is 4.51. The lowest BCUT2D eigenvalue weighted by atomic mass is 10.00. The second-order valence-electron chi connectivity index (χ2n) is 12.8. The Morgan fingerprint density at radius 1 is 0.440 bits per heavy atom. The minimum atomic E-state index is 0.650. The van der Waals surface area contributed by atoms with Crippen LogP contribution in [-0.2, 0) is 6.42 Å². The first-order valence-corrected chi connectivity index (χ1v) is 17.1. The summed E-state index contributed by atoms with van der Waals surface area (Å²) in [6, 6.07) is 53.1. The fourth-order valence-electron chi connectivity index (χ4n) is 7.59. The average Bonchev–Trinajstić information content (AvgIpc) is 3.72. The van der Waals surface area contributed by atoms with Crippen molar-refractivity contribution in [3.05, 3.63) is 169 Å². The zero-order chi connectivity index (χ0) is 33.0. The van der Waals surface area contributed by atoms with E-state index in [1.54, 1.807) is 0 Å². The number of hydrogen-bond donors (Lipinski definition) is 0. The number of hydrogen-bond acceptors (Lipinski definition) is 3. The molecule has 0 bridgehead atoms. The van der Waals surface area contributed by atoms with E-state index in [0.717, 1.165) is 40.9 Å². The predicted molar refractivity (Wildman–Crippen MR) is 205 cm³/mol. The van der Waals surface area contributed by atoms with E-state index in [2.05, 4.69) is 112 Å². The lowest BCUT2D eigenvalue weighted by Crippen LogP contribution is -2.02. The Hall–Kier alpha value is -6.59. The van der Waals surface area contributed by atoms with Crippen molar-refractivity contribution in [1.29, 1.82) is 0 Å². The van der Waals surface area contributed by atoms with Gasteiger partial charge in [0, 0.05) is 49.9 Å². The van der Waals surface area contributed by atoms with Gasteiger partial charge in [-0.2, -0.15) is 0 Å². The summed E-state index contributed by atoms with van der Waals surface area (Å²) >= 11 is 0. The Bertz CT molecular complexity index is 2660. The molecule has 3 heterocycles. The van der Waals surface area contributed by atoms with Gasteiger partial charge < -0.3 is 9.13 Å². The minimum Gasteiger partial charge on any atom is -0.309 e. The molecular weight excluding hydrogens is 611 g/mol. The lowest BCUT2D eigenvalue weighted by molar-refractivity contribution is 0.968. The predicted octanol–water partition coefficient (Wildman–Crippen LogP) is 10.9. The van der Waals surface area contributed by atoms with Crippen molar-refractivity contribution in [2.45, 2.75) is 12.8 Å². The Morgan fingerprint density at radius 3 is 1.66 bits per heavy atom. The Kier molecular flexibility index (Phi) is 6.56. The van der Waals surface area contributed by atoms with Crippen molar-refractivity contribution in [2.75, 3.05) is 0 Å². The maximum atomic E-state index is 4.98. The Labute approximate surface area is 289 Å². The molecule has 0 unspecified atom stereocenters. The highest BCUT2D eigenvalue weighted by Crippen LogP contribution is 2.42. The van der Waals surface area contributed by atoms with Crippen LogP contribution in [0.3, 0.4) is 0 Å². The van der Waals surface area contributed by atoms with Crippen LogP contribution in [0.25, 0.3) is 84.3 Å². The first-order valence-electron chi connectivity index (χ1n) is 17.1. The zero-order valence-electron chi connectivity index (χ0n) is 27.2. The molecule has 0 aliphatic heterocycles. The summed E-state index contributed by atoms with van der Waals surface area (Å²) in [5, 5.41) is 3.83. The second kappa shape index (κ2) is 11.5. The average molecular weight is 642 g/mol. The summed E-state index contributed by atoms with van der Waals surface area (Å²) in [5.41, 5.74) is 11.4. The van der Waals surface area contributed by atoms with Gasteiger partial charge in [0.05, 0.1) is 16.6 Å². The first-order chi connectivity index (χ1) is 24.8. The number of fused-ring (bicyclic) bond motifs is 7. The van der Waals surface area contributed by atoms with Gasteiger partial charge in [-0.1, -0.05) is 109 Å². The molecule has 5 nitrogen and oxygen atoms in total. The topological polar surface area (TPSA) is 48.5 Å². The van der Waals surface area contributed by atoms with Gasteiger partial charge in [0.2, 0.25) is 0 Å². The SMILES string of the molecule is C1=Cc2c(c3ccc4c(c5ccccc5n4-c4ccccc4)c3n2-c2ccc(-c3nc(-c4ccccc4)nc(-c4ccccc4)n3)cc2)CC1. The van der Waals surface area contributed by atoms with Crippen LogP contribution in [-0.4, -0.2) is 24.1 Å². The van der Waals surface area contributed by atoms with Gasteiger partial charge in [0.25, 0.3) is 0 Å². The standard InChI is InChI=1S/C45H31N5/c1-4-14-30(15-5-1)43-46-44(31-16-6-2-7-17-31)48-45(47-43)32-24-26-34(27-25-32)50-38-22-12-10-20-35(38)36-28-29-40-41(42(36)50)37-21-11-13-23-39(37)49(40)33-18-8-3-9-19-33/h1-9,11-19,21-29H,10,20H2. The molecule has 1 aliphatic rings. The second-order valence-corrected chi connectivity index (χ2v) is 12.8. The third-order valence-electron chi connectivity index (χ3n) is 9.84. The third-order valence-corrected chi connectivity index (χ3v) is 9.84. The number of rotatable bonds is 5. The summed E-state index contributed by atoms with van der Waals surface area (Å²) < 4.78 is 4.86. The van der Waals surface area contributed by atoms with Crippen LogP contribution in [0.2, 0.25) is 0 Å². The fourth-order valence-corrected chi connectivity index (χ4v) is 7.59. The molecule has 0 fully saturated rings. The van der Waals surface area contributed by atoms with Crippen molar-refractivity contribution in [3.63, 3.8) is 0 Å². The molecule has 3 aromatic heterocycles. The summed E-state index contributed by atoms with van der Waals surface area (Å²) in [6.45, 7) is 0. The van der Waals surface area contributed by atoms with E-state index in [4.69, 9.17) is 15.0 Å². The number of allylic oxidation sites excluding steroid dienone is 1. The van der Waals surface area contributed by atoms with Crippen LogP contribution in [0, 0.1) is 0 Å². The molecule has 10 rings (SSSR count). The number of aryl methyl sites for hydroxylation is 1. The van der Waals surface area contributed by atoms with E-state index in [0.29, 0.717) is 17.5 Å². The minimum absolute atomic E-state index is 0.650. The number of para-hydroxylation sites is 2. The molecule has 0 saturated carbocycles. The largest absolute Gasteiger partial charge is 0.309 e. The van der Waals surface area contributed by atoms with E-state index >= 15 is 0 Å². The van der Waals surface area contributed by atoms with Gasteiger partial charge in [-0.05, 0) is 73.0 Å². The van der Waals surface area contributed by atoms with Crippen LogP contribution >= 0.6 is 0 Å². The van der Waals surface area contributed by atoms with Gasteiger partial charge in [0.15, 0.2) is 17.5 Å². The van der Waals surface area contributed by atoms with E-state index in [9.17, 15) is 0 Å². The highest BCUT2D eigenvalue weighted by molar-refractivity contribution is 6.21. The smallest absolute Gasteiger partial charge is 0.164 e.